The Morgan fingerprint density at radius 3 is 2.76 bits per heavy atom. The Morgan fingerprint density at radius 2 is 2.09 bits per heavy atom. The van der Waals surface area contributed by atoms with Crippen LogP contribution in [0.1, 0.15) is 31.4 Å². The van der Waals surface area contributed by atoms with E-state index in [9.17, 15) is 19.5 Å². The van der Waals surface area contributed by atoms with Gasteiger partial charge in [-0.25, -0.2) is 0 Å². The highest BCUT2D eigenvalue weighted by molar-refractivity contribution is 8.08. The predicted molar refractivity (Wildman–Crippen MR) is 125 cm³/mol. The number of aliphatic hydroxyl groups is 1. The third kappa shape index (κ3) is 5.18. The van der Waals surface area contributed by atoms with Crippen LogP contribution in [0.25, 0.3) is 4.91 Å². The largest absolute Gasteiger partial charge is 0.391 e. The fraction of sp³-hybridized carbons (Fsp3) is 0.522. The smallest absolute Gasteiger partial charge is 0.249 e. The molecule has 4 rings (SSSR count). The molecule has 2 fully saturated rings. The summed E-state index contributed by atoms with van der Waals surface area (Å²) in [4.78, 5) is 42.2. The number of hydrogen-bond acceptors (Lipinski definition) is 7. The van der Waals surface area contributed by atoms with Crippen LogP contribution >= 0.6 is 11.8 Å². The molecule has 0 aliphatic carbocycles. The Hall–Kier alpha value is -2.56. The zero-order chi connectivity index (χ0) is 23.5. The number of likely N-dealkylation sites (tertiary alicyclic amines) is 1. The van der Waals surface area contributed by atoms with Gasteiger partial charge in [-0.2, -0.15) is 0 Å². The van der Waals surface area contributed by atoms with Crippen molar-refractivity contribution < 1.29 is 24.2 Å². The molecule has 10 heteroatoms. The number of nitrogens with zero attached hydrogens (tertiary/aromatic N) is 2. The lowest BCUT2D eigenvalue weighted by Crippen LogP contribution is -2.56. The minimum Gasteiger partial charge on any atom is -0.391 e. The van der Waals surface area contributed by atoms with Crippen LogP contribution in [0.5, 0.6) is 0 Å². The molecule has 3 aliphatic heterocycles. The zero-order valence-corrected chi connectivity index (χ0v) is 19.7. The molecule has 3 N–H and O–H groups in total. The molecular weight excluding hydrogens is 444 g/mol. The van der Waals surface area contributed by atoms with Crippen LogP contribution < -0.4 is 10.6 Å². The van der Waals surface area contributed by atoms with Crippen LogP contribution in [0.4, 0.5) is 0 Å². The molecule has 2 saturated heterocycles. The van der Waals surface area contributed by atoms with Gasteiger partial charge in [0.15, 0.2) is 0 Å². The van der Waals surface area contributed by atoms with Gasteiger partial charge in [0.2, 0.25) is 17.7 Å². The molecule has 1 aromatic carbocycles. The fourth-order valence-electron chi connectivity index (χ4n) is 4.40. The molecule has 178 valence electrons. The highest BCUT2D eigenvalue weighted by atomic mass is 32.2. The molecule has 1 aromatic rings. The number of amides is 3. The molecular formula is C23H30N4O5S. The fourth-order valence-corrected chi connectivity index (χ4v) is 5.43. The Bertz CT molecular complexity index is 951. The van der Waals surface area contributed by atoms with E-state index < -0.39 is 18.2 Å². The summed E-state index contributed by atoms with van der Waals surface area (Å²) in [7, 11) is 0. The number of thioether (sulfide) groups is 1. The summed E-state index contributed by atoms with van der Waals surface area (Å²) in [6.07, 6.45) is -0.594. The highest BCUT2D eigenvalue weighted by Crippen LogP contribution is 2.33. The van der Waals surface area contributed by atoms with Crippen molar-refractivity contribution in [1.29, 1.82) is 0 Å². The molecule has 0 spiro atoms. The van der Waals surface area contributed by atoms with Crippen LogP contribution in [0.2, 0.25) is 0 Å². The molecule has 0 aromatic heterocycles. The van der Waals surface area contributed by atoms with Gasteiger partial charge in [0.1, 0.15) is 18.7 Å². The Kier molecular flexibility index (Phi) is 7.26. The maximum absolute atomic E-state index is 13.1. The number of carbonyl (C=O) groups excluding carboxylic acids is 3. The third-order valence-corrected chi connectivity index (χ3v) is 7.41. The molecule has 0 radical (unpaired) electrons. The summed E-state index contributed by atoms with van der Waals surface area (Å²) in [5, 5.41) is 16.4. The van der Waals surface area contributed by atoms with Crippen LogP contribution in [0, 0.1) is 0 Å². The average molecular weight is 475 g/mol. The van der Waals surface area contributed by atoms with E-state index in [1.54, 1.807) is 18.7 Å². The number of morpholine rings is 1. The molecule has 0 saturated carbocycles. The van der Waals surface area contributed by atoms with E-state index in [0.29, 0.717) is 19.7 Å². The summed E-state index contributed by atoms with van der Waals surface area (Å²) in [6, 6.07) is 6.56. The van der Waals surface area contributed by atoms with E-state index in [2.05, 4.69) is 17.6 Å². The van der Waals surface area contributed by atoms with Gasteiger partial charge in [-0.05, 0) is 25.0 Å². The van der Waals surface area contributed by atoms with E-state index >= 15 is 0 Å². The standard InChI is InChI=1S/C23H30N4O5S/c1-14-21(33-13-25-14)17-5-3-16(4-6-17)10-24-22(30)19-9-18(28)11-27(19)23(31)15(2)26-7-8-32-12-20(26)29/h3-6,15,18-19,25,28H,7-13H2,1-2H3,(H,24,30)/t15?,18-,19+/m1/s1. The van der Waals surface area contributed by atoms with Crippen molar-refractivity contribution in [1.82, 2.24) is 20.4 Å². The van der Waals surface area contributed by atoms with E-state index in [1.807, 2.05) is 24.3 Å². The quantitative estimate of drug-likeness (QED) is 0.550. The van der Waals surface area contributed by atoms with E-state index in [0.717, 1.165) is 17.0 Å². The number of nitrogens with one attached hydrogen (secondary N) is 2. The van der Waals surface area contributed by atoms with E-state index in [-0.39, 0.29) is 37.3 Å². The lowest BCUT2D eigenvalue weighted by Gasteiger charge is -2.35. The summed E-state index contributed by atoms with van der Waals surface area (Å²) < 4.78 is 5.13. The second kappa shape index (κ2) is 10.1. The van der Waals surface area contributed by atoms with Crippen LogP contribution in [0.15, 0.2) is 30.0 Å². The highest BCUT2D eigenvalue weighted by Gasteiger charge is 2.42. The second-order valence-electron chi connectivity index (χ2n) is 8.55. The van der Waals surface area contributed by atoms with Crippen molar-refractivity contribution in [2.75, 3.05) is 32.2 Å². The number of rotatable bonds is 6. The van der Waals surface area contributed by atoms with Crippen LogP contribution in [-0.4, -0.2) is 83.0 Å². The Labute approximate surface area is 197 Å². The first kappa shape index (κ1) is 23.6. The number of benzene rings is 1. The topological polar surface area (TPSA) is 111 Å². The van der Waals surface area contributed by atoms with Gasteiger partial charge >= 0.3 is 0 Å². The van der Waals surface area contributed by atoms with E-state index in [1.165, 1.54) is 20.4 Å². The molecule has 3 aliphatic rings. The summed E-state index contributed by atoms with van der Waals surface area (Å²) in [5.41, 5.74) is 3.25. The SMILES string of the molecule is CC1=C(c2ccc(CNC(=O)[C@@H]3C[C@@H](O)CN3C(=O)C(C)N3CCOCC3=O)cc2)SCN1. The van der Waals surface area contributed by atoms with Crippen LogP contribution in [-0.2, 0) is 25.7 Å². The van der Waals surface area contributed by atoms with Gasteiger partial charge in [0.05, 0.1) is 18.6 Å². The monoisotopic (exact) mass is 474 g/mol. The molecule has 3 amide bonds. The van der Waals surface area contributed by atoms with Crippen molar-refractivity contribution in [3.63, 3.8) is 0 Å². The zero-order valence-electron chi connectivity index (χ0n) is 18.9. The molecule has 1 unspecified atom stereocenters. The Morgan fingerprint density at radius 1 is 1.33 bits per heavy atom. The maximum atomic E-state index is 13.1. The molecule has 0 bridgehead atoms. The number of carbonyl (C=O) groups is 3. The summed E-state index contributed by atoms with van der Waals surface area (Å²) in [6.45, 7) is 4.78. The number of aliphatic hydroxyl groups excluding tert-OH is 1. The minimum absolute atomic E-state index is 0.0466. The Balaban J connectivity index is 1.37. The van der Waals surface area contributed by atoms with Gasteiger partial charge in [-0.1, -0.05) is 24.3 Å². The van der Waals surface area contributed by atoms with Gasteiger partial charge in [-0.15, -0.1) is 11.8 Å². The first-order valence-electron chi connectivity index (χ1n) is 11.2. The van der Waals surface area contributed by atoms with Crippen molar-refractivity contribution in [3.8, 4) is 0 Å². The van der Waals surface area contributed by atoms with Gasteiger partial charge in [0.25, 0.3) is 0 Å². The van der Waals surface area contributed by atoms with Crippen LogP contribution in [0.3, 0.4) is 0 Å². The first-order chi connectivity index (χ1) is 15.8. The predicted octanol–water partition coefficient (Wildman–Crippen LogP) is 0.494. The normalized spacial score (nSPS) is 24.2. The van der Waals surface area contributed by atoms with Gasteiger partial charge in [-0.3, -0.25) is 14.4 Å². The number of hydrogen-bond donors (Lipinski definition) is 3. The molecule has 33 heavy (non-hydrogen) atoms. The molecule has 9 nitrogen and oxygen atoms in total. The average Bonchev–Trinajstić information content (AvgIpc) is 3.42. The van der Waals surface area contributed by atoms with Crippen molar-refractivity contribution in [2.24, 2.45) is 0 Å². The maximum Gasteiger partial charge on any atom is 0.249 e. The summed E-state index contributed by atoms with van der Waals surface area (Å²) in [5.74, 6) is -0.0139. The molecule has 3 atom stereocenters. The van der Waals surface area contributed by atoms with Gasteiger partial charge < -0.3 is 30.3 Å². The van der Waals surface area contributed by atoms with Crippen molar-refractivity contribution in [3.05, 3.63) is 41.1 Å². The van der Waals surface area contributed by atoms with Gasteiger partial charge in [0, 0.05) is 36.7 Å². The minimum atomic E-state index is -0.773. The lowest BCUT2D eigenvalue weighted by molar-refractivity contribution is -0.154. The number of β-amino-alcohol motifs (C(OH)–C–C–N with tert-alkyl or cyclic N) is 1. The molecule has 3 heterocycles. The lowest BCUT2D eigenvalue weighted by atomic mass is 10.1. The van der Waals surface area contributed by atoms with Crippen molar-refractivity contribution in [2.45, 2.75) is 45.0 Å². The van der Waals surface area contributed by atoms with Crippen molar-refractivity contribution >= 4 is 34.4 Å². The second-order valence-corrected chi connectivity index (χ2v) is 9.53. The summed E-state index contributed by atoms with van der Waals surface area (Å²) >= 11 is 1.77. The van der Waals surface area contributed by atoms with E-state index in [4.69, 9.17) is 4.74 Å². The number of ether oxygens (including phenoxy) is 1. The number of allylic oxidation sites excluding steroid dienone is 1. The third-order valence-electron chi connectivity index (χ3n) is 6.29. The first-order valence-corrected chi connectivity index (χ1v) is 12.1.